The number of hydrogen-bond donors (Lipinski definition) is 1. The number of nitrogens with one attached hydrogen (secondary N) is 1. The van der Waals surface area contributed by atoms with Crippen molar-refractivity contribution in [1.29, 1.82) is 0 Å². The average molecular weight is 600 g/mol. The van der Waals surface area contributed by atoms with Crippen molar-refractivity contribution < 1.29 is 31.9 Å². The maximum Gasteiger partial charge on any atom is 0.264 e. The lowest BCUT2D eigenvalue weighted by atomic mass is 10.1. The quantitative estimate of drug-likeness (QED) is 0.270. The van der Waals surface area contributed by atoms with E-state index in [-0.39, 0.29) is 23.0 Å². The van der Waals surface area contributed by atoms with Crippen molar-refractivity contribution in [3.05, 3.63) is 84.2 Å². The van der Waals surface area contributed by atoms with Crippen LogP contribution in [0.4, 0.5) is 10.1 Å². The zero-order valence-electron chi connectivity index (χ0n) is 24.4. The molecule has 0 bridgehead atoms. The molecule has 0 aliphatic rings. The van der Waals surface area contributed by atoms with E-state index in [0.29, 0.717) is 43.1 Å². The fourth-order valence-electron chi connectivity index (χ4n) is 4.39. The Kier molecular flexibility index (Phi) is 11.7. The smallest absolute Gasteiger partial charge is 0.264 e. The van der Waals surface area contributed by atoms with E-state index < -0.39 is 34.3 Å². The average Bonchev–Trinajstić information content (AvgIpc) is 2.99. The van der Waals surface area contributed by atoms with Crippen LogP contribution in [0.3, 0.4) is 0 Å². The second-order valence-electron chi connectivity index (χ2n) is 9.48. The fourth-order valence-corrected chi connectivity index (χ4v) is 5.81. The maximum absolute atomic E-state index is 14.1. The molecule has 0 radical (unpaired) electrons. The van der Waals surface area contributed by atoms with E-state index in [1.807, 2.05) is 13.8 Å². The molecule has 3 rings (SSSR count). The molecule has 0 aliphatic carbocycles. The number of benzene rings is 3. The number of methoxy groups -OCH3 is 1. The van der Waals surface area contributed by atoms with Crippen LogP contribution in [0.15, 0.2) is 77.7 Å². The van der Waals surface area contributed by atoms with Crippen molar-refractivity contribution in [2.24, 2.45) is 0 Å². The summed E-state index contributed by atoms with van der Waals surface area (Å²) >= 11 is 0. The van der Waals surface area contributed by atoms with Gasteiger partial charge in [-0.15, -0.1) is 0 Å². The highest BCUT2D eigenvalue weighted by Crippen LogP contribution is 2.27. The summed E-state index contributed by atoms with van der Waals surface area (Å²) < 4.78 is 53.4. The molecule has 1 atom stereocenters. The normalized spacial score (nSPS) is 11.8. The predicted octanol–water partition coefficient (Wildman–Crippen LogP) is 4.76. The van der Waals surface area contributed by atoms with E-state index in [1.54, 1.807) is 31.2 Å². The number of ether oxygens (including phenoxy) is 2. The van der Waals surface area contributed by atoms with Crippen LogP contribution < -0.4 is 19.1 Å². The molecule has 0 heterocycles. The first-order chi connectivity index (χ1) is 20.1. The molecule has 3 aromatic carbocycles. The van der Waals surface area contributed by atoms with Crippen LogP contribution in [0.25, 0.3) is 0 Å². The van der Waals surface area contributed by atoms with Crippen LogP contribution in [-0.4, -0.2) is 58.0 Å². The van der Waals surface area contributed by atoms with Gasteiger partial charge < -0.3 is 19.7 Å². The van der Waals surface area contributed by atoms with Gasteiger partial charge in [0, 0.05) is 13.1 Å². The molecule has 226 valence electrons. The Morgan fingerprint density at radius 2 is 1.64 bits per heavy atom. The van der Waals surface area contributed by atoms with Crippen molar-refractivity contribution in [1.82, 2.24) is 10.2 Å². The SMILES string of the molecule is CCCNC(=O)C(CC)N(Cc1cccc(OC)c1)C(=O)CN(c1ccc(F)cc1)S(=O)(=O)c1ccc(OCC)cc1. The maximum atomic E-state index is 14.1. The number of anilines is 1. The van der Waals surface area contributed by atoms with Gasteiger partial charge in [0.15, 0.2) is 0 Å². The molecular formula is C31H38FN3O6S. The van der Waals surface area contributed by atoms with Crippen LogP contribution in [0.1, 0.15) is 39.2 Å². The van der Waals surface area contributed by atoms with Gasteiger partial charge in [-0.2, -0.15) is 0 Å². The summed E-state index contributed by atoms with van der Waals surface area (Å²) in [6.07, 6.45) is 1.01. The lowest BCUT2D eigenvalue weighted by Crippen LogP contribution is -2.52. The van der Waals surface area contributed by atoms with Crippen LogP contribution in [0.2, 0.25) is 0 Å². The largest absolute Gasteiger partial charge is 0.497 e. The first-order valence-electron chi connectivity index (χ1n) is 13.9. The molecule has 0 spiro atoms. The number of halogens is 1. The lowest BCUT2D eigenvalue weighted by Gasteiger charge is -2.33. The molecule has 1 N–H and O–H groups in total. The Labute approximate surface area is 247 Å². The third-order valence-corrected chi connectivity index (χ3v) is 8.33. The van der Waals surface area contributed by atoms with Crippen molar-refractivity contribution in [3.8, 4) is 11.5 Å². The molecule has 0 fully saturated rings. The van der Waals surface area contributed by atoms with Gasteiger partial charge in [0.05, 0.1) is 24.3 Å². The first kappa shape index (κ1) is 32.4. The molecule has 42 heavy (non-hydrogen) atoms. The van der Waals surface area contributed by atoms with Gasteiger partial charge in [-0.25, -0.2) is 12.8 Å². The summed E-state index contributed by atoms with van der Waals surface area (Å²) in [5.74, 6) is -0.418. The van der Waals surface area contributed by atoms with Crippen LogP contribution in [0.5, 0.6) is 11.5 Å². The van der Waals surface area contributed by atoms with Gasteiger partial charge >= 0.3 is 0 Å². The van der Waals surface area contributed by atoms with E-state index in [1.165, 1.54) is 48.4 Å². The van der Waals surface area contributed by atoms with Gasteiger partial charge in [0.2, 0.25) is 11.8 Å². The van der Waals surface area contributed by atoms with Gasteiger partial charge in [0.25, 0.3) is 10.0 Å². The lowest BCUT2D eigenvalue weighted by molar-refractivity contribution is -0.140. The van der Waals surface area contributed by atoms with Crippen LogP contribution in [-0.2, 0) is 26.2 Å². The molecule has 0 saturated heterocycles. The van der Waals surface area contributed by atoms with E-state index in [9.17, 15) is 22.4 Å². The standard InChI is InChI=1S/C31H38FN3O6S/c1-5-19-33-31(37)29(6-2)34(21-23-9-8-10-27(20-23)40-4)30(36)22-35(25-13-11-24(32)12-14-25)42(38,39)28-17-15-26(16-18-28)41-7-3/h8-18,20,29H,5-7,19,21-22H2,1-4H3,(H,33,37). The molecular weight excluding hydrogens is 561 g/mol. The zero-order chi connectivity index (χ0) is 30.7. The highest BCUT2D eigenvalue weighted by atomic mass is 32.2. The Balaban J connectivity index is 2.04. The van der Waals surface area contributed by atoms with E-state index in [4.69, 9.17) is 9.47 Å². The van der Waals surface area contributed by atoms with Crippen molar-refractivity contribution in [2.75, 3.05) is 31.1 Å². The summed E-state index contributed by atoms with van der Waals surface area (Å²) in [5.41, 5.74) is 0.801. The highest BCUT2D eigenvalue weighted by molar-refractivity contribution is 7.92. The molecule has 1 unspecified atom stereocenters. The summed E-state index contributed by atoms with van der Waals surface area (Å²) in [7, 11) is -2.76. The van der Waals surface area contributed by atoms with Gasteiger partial charge in [-0.05, 0) is 86.0 Å². The van der Waals surface area contributed by atoms with E-state index in [2.05, 4.69) is 5.32 Å². The third-order valence-electron chi connectivity index (χ3n) is 6.54. The summed E-state index contributed by atoms with van der Waals surface area (Å²) in [6, 6.07) is 16.9. The number of hydrogen-bond acceptors (Lipinski definition) is 6. The van der Waals surface area contributed by atoms with Crippen LogP contribution >= 0.6 is 0 Å². The van der Waals surface area contributed by atoms with Gasteiger partial charge in [0.1, 0.15) is 29.9 Å². The summed E-state index contributed by atoms with van der Waals surface area (Å²) in [6.45, 7) is 5.79. The Bertz CT molecular complexity index is 1430. The van der Waals surface area contributed by atoms with Crippen molar-refractivity contribution in [2.45, 2.75) is 51.1 Å². The minimum atomic E-state index is -4.29. The topological polar surface area (TPSA) is 105 Å². The number of carbonyl (C=O) groups is 2. The van der Waals surface area contributed by atoms with E-state index >= 15 is 0 Å². The molecule has 0 saturated carbocycles. The zero-order valence-corrected chi connectivity index (χ0v) is 25.2. The second kappa shape index (κ2) is 15.2. The fraction of sp³-hybridized carbons (Fsp3) is 0.355. The minimum Gasteiger partial charge on any atom is -0.497 e. The number of sulfonamides is 1. The Hall–Kier alpha value is -4.12. The number of nitrogens with zero attached hydrogens (tertiary/aromatic N) is 2. The third kappa shape index (κ3) is 8.22. The molecule has 0 aliphatic heterocycles. The number of rotatable bonds is 15. The van der Waals surface area contributed by atoms with Gasteiger partial charge in [-0.1, -0.05) is 26.0 Å². The van der Waals surface area contributed by atoms with E-state index in [0.717, 1.165) is 16.4 Å². The molecule has 0 aromatic heterocycles. The monoisotopic (exact) mass is 599 g/mol. The second-order valence-corrected chi connectivity index (χ2v) is 11.3. The highest BCUT2D eigenvalue weighted by Gasteiger charge is 2.33. The Morgan fingerprint density at radius 1 is 0.952 bits per heavy atom. The van der Waals surface area contributed by atoms with Gasteiger partial charge in [-0.3, -0.25) is 13.9 Å². The first-order valence-corrected chi connectivity index (χ1v) is 15.3. The van der Waals surface area contributed by atoms with Crippen molar-refractivity contribution >= 4 is 27.5 Å². The molecule has 2 amide bonds. The number of amides is 2. The molecule has 3 aromatic rings. The summed E-state index contributed by atoms with van der Waals surface area (Å²) in [4.78, 5) is 28.5. The number of carbonyl (C=O) groups excluding carboxylic acids is 2. The van der Waals surface area contributed by atoms with Crippen molar-refractivity contribution in [3.63, 3.8) is 0 Å². The van der Waals surface area contributed by atoms with Crippen LogP contribution in [0, 0.1) is 5.82 Å². The Morgan fingerprint density at radius 3 is 2.24 bits per heavy atom. The molecule has 9 nitrogen and oxygen atoms in total. The minimum absolute atomic E-state index is 0.0362. The predicted molar refractivity (Wildman–Crippen MR) is 159 cm³/mol. The summed E-state index contributed by atoms with van der Waals surface area (Å²) in [5, 5.41) is 2.85. The molecule has 11 heteroatoms.